The molecule has 1 unspecified atom stereocenters. The number of aromatic hydroxyl groups is 1. The van der Waals surface area contributed by atoms with Crippen molar-refractivity contribution in [2.75, 3.05) is 59.8 Å². The lowest BCUT2D eigenvalue weighted by atomic mass is 9.91. The van der Waals surface area contributed by atoms with Crippen molar-refractivity contribution in [2.24, 2.45) is 11.8 Å². The molecule has 2 aromatic carbocycles. The number of aliphatic hydroxyl groups is 1. The summed E-state index contributed by atoms with van der Waals surface area (Å²) in [7, 11) is 0. The van der Waals surface area contributed by atoms with Gasteiger partial charge in [-0.1, -0.05) is 55.4 Å². The van der Waals surface area contributed by atoms with Crippen molar-refractivity contribution in [2.45, 2.75) is 121 Å². The summed E-state index contributed by atoms with van der Waals surface area (Å²) in [5, 5.41) is 37.3. The number of phenolic OH excluding ortho intramolecular Hbond substituents is 1. The molecule has 2 bridgehead atoms. The summed E-state index contributed by atoms with van der Waals surface area (Å²) in [5.41, 5.74) is 14.4. The Kier molecular flexibility index (Phi) is 14.4. The number of phenols is 1. The van der Waals surface area contributed by atoms with Gasteiger partial charge in [0, 0.05) is 100 Å². The molecule has 19 heteroatoms. The number of nitrogens with zero attached hydrogens (tertiary/aromatic N) is 9. The lowest BCUT2D eigenvalue weighted by Crippen LogP contribution is -2.54. The molecule has 18 nitrogen and oxygen atoms in total. The number of aliphatic hydroxyl groups excluding tert-OH is 1. The number of fused-ring (bicyclic) bond motifs is 2. The number of carbonyl (C=O) groups is 2. The summed E-state index contributed by atoms with van der Waals surface area (Å²) in [5.74, 6) is 1.38. The molecule has 394 valence electrons. The number of amides is 2. The molecule has 75 heavy (non-hydrogen) atoms. The second-order valence-corrected chi connectivity index (χ2v) is 22.3. The number of aryl methyl sites for hydroxylation is 1. The van der Waals surface area contributed by atoms with E-state index in [1.54, 1.807) is 23.5 Å². The van der Waals surface area contributed by atoms with Gasteiger partial charge in [-0.3, -0.25) is 9.59 Å². The van der Waals surface area contributed by atoms with E-state index in [1.165, 1.54) is 4.90 Å². The summed E-state index contributed by atoms with van der Waals surface area (Å²) in [4.78, 5) is 46.8. The normalized spacial score (nSPS) is 23.6. The molecular formula is C56H67N11O7S. The van der Waals surface area contributed by atoms with E-state index in [9.17, 15) is 19.8 Å². The molecule has 0 radical (unpaired) electrons. The third kappa shape index (κ3) is 10.6. The molecule has 0 spiro atoms. The Bertz CT molecular complexity index is 2960. The number of thiazole rings is 1. The first-order valence-corrected chi connectivity index (χ1v) is 27.4. The summed E-state index contributed by atoms with van der Waals surface area (Å²) in [6.07, 6.45) is 7.04. The van der Waals surface area contributed by atoms with Gasteiger partial charge in [0.25, 0.3) is 0 Å². The number of likely N-dealkylation sites (tertiary alicyclic amines) is 1. The smallest absolute Gasteiger partial charge is 0.243 e. The number of aromatic nitrogens is 5. The molecule has 5 N–H and O–H groups in total. The van der Waals surface area contributed by atoms with Gasteiger partial charge in [-0.05, 0) is 86.8 Å². The predicted octanol–water partition coefficient (Wildman–Crippen LogP) is 7.53. The predicted molar refractivity (Wildman–Crippen MR) is 287 cm³/mol. The zero-order valence-corrected chi connectivity index (χ0v) is 43.8. The van der Waals surface area contributed by atoms with Crippen LogP contribution in [-0.2, 0) is 14.3 Å². The number of ether oxygens (including phenoxy) is 2. The molecule has 4 aliphatic heterocycles. The van der Waals surface area contributed by atoms with Crippen molar-refractivity contribution in [3.8, 4) is 33.3 Å². The molecule has 1 saturated carbocycles. The minimum atomic E-state index is -0.812. The van der Waals surface area contributed by atoms with Crippen molar-refractivity contribution >= 4 is 46.2 Å². The highest BCUT2D eigenvalue weighted by molar-refractivity contribution is 7.13. The molecule has 5 fully saturated rings. The lowest BCUT2D eigenvalue weighted by molar-refractivity contribution is -0.141. The topological polar surface area (TPSA) is 222 Å². The standard InChI is InChI=1S/C56H67N11O7S/c1-32(2)52(56(71)66-29-41(68)22-47(66)55(70)60-33(3)36-9-11-37(12-10-36)53-34(4)59-31-75-53)49-26-50(63-74-49)64-19-16-35(17-20-64)30-72-42-23-43(24-42)73-51-21-38(15-18-58-51)67-39-13-14-40(67)28-65(27-39)46-25-45(61-62-54(46)57)44-7-5-6-8-48(44)69/h5-12,15,18,21,25-26,31-33,35,39-43,47,52,68-69H,13-14,16-17,19-20,22-24,27-30H2,1-4H3,(H2,57,62)(H,60,70)/t33-,39+,40?,41+,42?,43?,47-,52-/m0/s1. The van der Waals surface area contributed by atoms with Crippen LogP contribution in [0, 0.1) is 18.8 Å². The Hall–Kier alpha value is -6.83. The van der Waals surface area contributed by atoms with Crippen LogP contribution < -0.4 is 30.5 Å². The number of rotatable bonds is 16. The van der Waals surface area contributed by atoms with Crippen molar-refractivity contribution in [3.05, 3.63) is 102 Å². The highest BCUT2D eigenvalue weighted by Crippen LogP contribution is 2.41. The van der Waals surface area contributed by atoms with Crippen LogP contribution in [-0.4, -0.2) is 128 Å². The third-order valence-corrected chi connectivity index (χ3v) is 17.0. The average molecular weight is 1040 g/mol. The first kappa shape index (κ1) is 50.3. The monoisotopic (exact) mass is 1040 g/mol. The number of nitrogens with two attached hydrogens (primary N) is 1. The Morgan fingerprint density at radius 1 is 0.893 bits per heavy atom. The highest BCUT2D eigenvalue weighted by atomic mass is 32.1. The van der Waals surface area contributed by atoms with Gasteiger partial charge in [-0.2, -0.15) is 0 Å². The number of hydrogen-bond acceptors (Lipinski definition) is 17. The van der Waals surface area contributed by atoms with Gasteiger partial charge >= 0.3 is 0 Å². The summed E-state index contributed by atoms with van der Waals surface area (Å²) in [6.45, 7) is 11.8. The maximum absolute atomic E-state index is 14.4. The fraction of sp³-hybridized carbons (Fsp3) is 0.482. The van der Waals surface area contributed by atoms with E-state index in [1.807, 2.05) is 87.9 Å². The van der Waals surface area contributed by atoms with Crippen LogP contribution in [0.25, 0.3) is 21.7 Å². The number of benzene rings is 2. The number of piperazine rings is 1. The number of nitrogens with one attached hydrogen (secondary N) is 1. The number of carbonyl (C=O) groups excluding carboxylic acids is 2. The van der Waals surface area contributed by atoms with Crippen LogP contribution in [0.5, 0.6) is 11.6 Å². The van der Waals surface area contributed by atoms with E-state index in [4.69, 9.17) is 19.7 Å². The van der Waals surface area contributed by atoms with E-state index in [2.05, 4.69) is 57.5 Å². The largest absolute Gasteiger partial charge is 0.507 e. The molecule has 4 saturated heterocycles. The van der Waals surface area contributed by atoms with Gasteiger partial charge in [0.1, 0.15) is 23.8 Å². The number of anilines is 4. The number of hydrogen-bond donors (Lipinski definition) is 4. The van der Waals surface area contributed by atoms with Gasteiger partial charge in [0.15, 0.2) is 17.4 Å². The van der Waals surface area contributed by atoms with Gasteiger partial charge in [0.2, 0.25) is 17.7 Å². The quantitative estimate of drug-likeness (QED) is 0.0736. The second kappa shape index (κ2) is 21.4. The molecule has 6 atom stereocenters. The number of β-amino-alcohol motifs (C(OH)–C–C–N with tert-alkyl or cyclic N) is 1. The van der Waals surface area contributed by atoms with Crippen molar-refractivity contribution in [3.63, 3.8) is 0 Å². The fourth-order valence-corrected chi connectivity index (χ4v) is 12.6. The Morgan fingerprint density at radius 2 is 1.65 bits per heavy atom. The molecular weight excluding hydrogens is 971 g/mol. The molecule has 5 aliphatic rings. The summed E-state index contributed by atoms with van der Waals surface area (Å²) >= 11 is 1.60. The lowest BCUT2D eigenvalue weighted by Gasteiger charge is -2.43. The number of para-hydroxylation sites is 1. The maximum atomic E-state index is 14.4. The summed E-state index contributed by atoms with van der Waals surface area (Å²) < 4.78 is 18.8. The van der Waals surface area contributed by atoms with Gasteiger partial charge in [0.05, 0.1) is 45.7 Å². The van der Waals surface area contributed by atoms with Crippen LogP contribution in [0.2, 0.25) is 0 Å². The minimum Gasteiger partial charge on any atom is -0.507 e. The number of nitrogen functional groups attached to an aromatic ring is 1. The number of pyridine rings is 1. The first-order chi connectivity index (χ1) is 36.3. The average Bonchev–Trinajstić information content (AvgIpc) is 4.21. The van der Waals surface area contributed by atoms with Gasteiger partial charge < -0.3 is 54.9 Å². The fourth-order valence-electron chi connectivity index (χ4n) is 11.8. The maximum Gasteiger partial charge on any atom is 0.243 e. The molecule has 2 amide bonds. The Balaban J connectivity index is 0.627. The van der Waals surface area contributed by atoms with Gasteiger partial charge in [-0.15, -0.1) is 21.5 Å². The third-order valence-electron chi connectivity index (χ3n) is 16.1. The van der Waals surface area contributed by atoms with Crippen LogP contribution in [0.4, 0.5) is 23.0 Å². The van der Waals surface area contributed by atoms with Gasteiger partial charge in [-0.25, -0.2) is 9.97 Å². The van der Waals surface area contributed by atoms with Crippen LogP contribution in [0.1, 0.15) is 94.7 Å². The zero-order valence-electron chi connectivity index (χ0n) is 43.0. The first-order valence-electron chi connectivity index (χ1n) is 26.5. The van der Waals surface area contributed by atoms with E-state index in [0.717, 1.165) is 97.8 Å². The molecule has 6 aromatic rings. The Labute approximate surface area is 441 Å². The minimum absolute atomic E-state index is 0.0484. The highest BCUT2D eigenvalue weighted by Gasteiger charge is 2.45. The summed E-state index contributed by atoms with van der Waals surface area (Å²) in [6, 6.07) is 22.6. The molecule has 11 rings (SSSR count). The van der Waals surface area contributed by atoms with Crippen LogP contribution in [0.3, 0.4) is 0 Å². The SMILES string of the molecule is Cc1ncsc1-c1ccc([C@H](C)NC(=O)[C@@H]2C[C@@H](O)CN2C(=O)[C@H](c2cc(N3CCC(COC4CC(Oc5cc(N6C7CC[C@@H]6CN(c6cc(-c8ccccc8O)nnc6N)C7)ccn5)C4)CC3)no2)C(C)C)cc1. The Morgan fingerprint density at radius 3 is 2.37 bits per heavy atom. The van der Waals surface area contributed by atoms with Crippen LogP contribution in [0.15, 0.2) is 89.0 Å². The molecule has 4 aromatic heterocycles. The van der Waals surface area contributed by atoms with Crippen LogP contribution >= 0.6 is 11.3 Å². The number of piperidine rings is 1. The van der Waals surface area contributed by atoms with E-state index >= 15 is 0 Å². The van der Waals surface area contributed by atoms with E-state index in [-0.39, 0.29) is 66.8 Å². The van der Waals surface area contributed by atoms with Crippen molar-refractivity contribution in [1.29, 1.82) is 0 Å². The van der Waals surface area contributed by atoms with Crippen molar-refractivity contribution < 1.29 is 33.8 Å². The van der Waals surface area contributed by atoms with E-state index in [0.29, 0.717) is 47.1 Å². The second-order valence-electron chi connectivity index (χ2n) is 21.5. The van der Waals surface area contributed by atoms with E-state index < -0.39 is 18.1 Å². The molecule has 1 aliphatic carbocycles. The molecule has 8 heterocycles. The zero-order chi connectivity index (χ0) is 51.9. The van der Waals surface area contributed by atoms with Crippen molar-refractivity contribution in [1.82, 2.24) is 35.5 Å².